The quantitative estimate of drug-likeness (QED) is 0.648. The van der Waals surface area contributed by atoms with Crippen LogP contribution >= 0.6 is 0 Å². The van der Waals surface area contributed by atoms with Gasteiger partial charge >= 0.3 is 0 Å². The molecule has 0 amide bonds. The van der Waals surface area contributed by atoms with Gasteiger partial charge in [0, 0.05) is 0 Å². The van der Waals surface area contributed by atoms with Gasteiger partial charge in [-0.25, -0.2) is 0 Å². The lowest BCUT2D eigenvalue weighted by atomic mass is 10.3. The second kappa shape index (κ2) is 3.72. The summed E-state index contributed by atoms with van der Waals surface area (Å²) in [5.41, 5.74) is 0. The van der Waals surface area contributed by atoms with Crippen LogP contribution < -0.4 is 0 Å². The molecule has 0 N–H and O–H groups in total. The van der Waals surface area contributed by atoms with E-state index in [2.05, 4.69) is 0 Å². The molecule has 70 valence electrons. The van der Waals surface area contributed by atoms with Crippen LogP contribution in [-0.2, 0) is 9.47 Å². The summed E-state index contributed by atoms with van der Waals surface area (Å²) in [6.07, 6.45) is 1.55. The summed E-state index contributed by atoms with van der Waals surface area (Å²) in [6.45, 7) is 1.25. The molecular formula is C9H10O4. The van der Waals surface area contributed by atoms with Crippen LogP contribution in [0.15, 0.2) is 22.8 Å². The zero-order valence-corrected chi connectivity index (χ0v) is 7.06. The molecule has 13 heavy (non-hydrogen) atoms. The van der Waals surface area contributed by atoms with Crippen LogP contribution in [0.2, 0.25) is 0 Å². The van der Waals surface area contributed by atoms with E-state index in [4.69, 9.17) is 13.9 Å². The van der Waals surface area contributed by atoms with Gasteiger partial charge in [-0.1, -0.05) is 0 Å². The topological polar surface area (TPSA) is 48.7 Å². The Morgan fingerprint density at radius 1 is 1.62 bits per heavy atom. The molecule has 0 atom stereocenters. The summed E-state index contributed by atoms with van der Waals surface area (Å²) in [5, 5.41) is 0. The van der Waals surface area contributed by atoms with E-state index in [9.17, 15) is 4.79 Å². The lowest BCUT2D eigenvalue weighted by Crippen LogP contribution is -2.37. The minimum Gasteiger partial charge on any atom is -0.461 e. The van der Waals surface area contributed by atoms with Crippen LogP contribution in [0.3, 0.4) is 0 Å². The first kappa shape index (κ1) is 8.47. The zero-order chi connectivity index (χ0) is 9.10. The molecule has 2 rings (SSSR count). The van der Waals surface area contributed by atoms with Crippen molar-refractivity contribution in [2.45, 2.75) is 6.10 Å². The van der Waals surface area contributed by atoms with Crippen molar-refractivity contribution >= 4 is 5.78 Å². The van der Waals surface area contributed by atoms with Crippen LogP contribution in [-0.4, -0.2) is 31.7 Å². The molecule has 2 heterocycles. The molecule has 4 heteroatoms. The Bertz CT molecular complexity index is 274. The van der Waals surface area contributed by atoms with Crippen molar-refractivity contribution in [3.8, 4) is 0 Å². The van der Waals surface area contributed by atoms with Crippen LogP contribution in [0.1, 0.15) is 10.6 Å². The number of rotatable bonds is 4. The Morgan fingerprint density at radius 2 is 2.46 bits per heavy atom. The number of ketones is 1. The van der Waals surface area contributed by atoms with Gasteiger partial charge in [-0.05, 0) is 12.1 Å². The average molecular weight is 182 g/mol. The average Bonchev–Trinajstić information content (AvgIpc) is 2.52. The Labute approximate surface area is 75.4 Å². The smallest absolute Gasteiger partial charge is 0.223 e. The SMILES string of the molecule is O=C(COC1COC1)c1ccco1. The van der Waals surface area contributed by atoms with Crippen molar-refractivity contribution in [2.75, 3.05) is 19.8 Å². The fourth-order valence-corrected chi connectivity index (χ4v) is 1.01. The summed E-state index contributed by atoms with van der Waals surface area (Å²) in [4.78, 5) is 11.3. The van der Waals surface area contributed by atoms with Gasteiger partial charge < -0.3 is 13.9 Å². The van der Waals surface area contributed by atoms with E-state index in [0.29, 0.717) is 19.0 Å². The van der Waals surface area contributed by atoms with E-state index in [-0.39, 0.29) is 18.5 Å². The minimum atomic E-state index is -0.128. The molecule has 1 aromatic heterocycles. The highest BCUT2D eigenvalue weighted by atomic mass is 16.6. The van der Waals surface area contributed by atoms with Gasteiger partial charge in [0.1, 0.15) is 12.7 Å². The summed E-state index contributed by atoms with van der Waals surface area (Å²) in [6, 6.07) is 3.31. The summed E-state index contributed by atoms with van der Waals surface area (Å²) < 4.78 is 15.0. The lowest BCUT2D eigenvalue weighted by Gasteiger charge is -2.25. The van der Waals surface area contributed by atoms with Gasteiger partial charge in [0.2, 0.25) is 5.78 Å². The summed E-state index contributed by atoms with van der Waals surface area (Å²) in [7, 11) is 0. The van der Waals surface area contributed by atoms with E-state index in [0.717, 1.165) is 0 Å². The highest BCUT2D eigenvalue weighted by Gasteiger charge is 2.20. The van der Waals surface area contributed by atoms with Gasteiger partial charge in [-0.3, -0.25) is 4.79 Å². The minimum absolute atomic E-state index is 0.0710. The maximum absolute atomic E-state index is 11.3. The number of ether oxygens (including phenoxy) is 2. The Hall–Kier alpha value is -1.13. The van der Waals surface area contributed by atoms with E-state index >= 15 is 0 Å². The number of hydrogen-bond donors (Lipinski definition) is 0. The highest BCUT2D eigenvalue weighted by Crippen LogP contribution is 2.07. The first-order chi connectivity index (χ1) is 6.36. The zero-order valence-electron chi connectivity index (χ0n) is 7.06. The number of furan rings is 1. The third kappa shape index (κ3) is 1.96. The monoisotopic (exact) mass is 182 g/mol. The van der Waals surface area contributed by atoms with Crippen molar-refractivity contribution < 1.29 is 18.7 Å². The summed E-state index contributed by atoms with van der Waals surface area (Å²) >= 11 is 0. The fourth-order valence-electron chi connectivity index (χ4n) is 1.01. The molecule has 4 nitrogen and oxygen atoms in total. The molecule has 1 fully saturated rings. The van der Waals surface area contributed by atoms with Gasteiger partial charge in [0.05, 0.1) is 19.5 Å². The molecular weight excluding hydrogens is 172 g/mol. The Kier molecular flexibility index (Phi) is 2.42. The van der Waals surface area contributed by atoms with E-state index in [1.165, 1.54) is 6.26 Å². The lowest BCUT2D eigenvalue weighted by molar-refractivity contribution is -0.123. The molecule has 1 saturated heterocycles. The van der Waals surface area contributed by atoms with Crippen LogP contribution in [0.25, 0.3) is 0 Å². The third-order valence-electron chi connectivity index (χ3n) is 1.85. The molecule has 0 unspecified atom stereocenters. The molecule has 0 saturated carbocycles. The van der Waals surface area contributed by atoms with Crippen molar-refractivity contribution in [3.05, 3.63) is 24.2 Å². The Morgan fingerprint density at radius 3 is 3.00 bits per heavy atom. The maximum Gasteiger partial charge on any atom is 0.223 e. The fraction of sp³-hybridized carbons (Fsp3) is 0.444. The summed E-state index contributed by atoms with van der Waals surface area (Å²) in [5.74, 6) is 0.220. The second-order valence-corrected chi connectivity index (χ2v) is 2.87. The first-order valence-corrected chi connectivity index (χ1v) is 4.12. The number of Topliss-reactive ketones (excluding diaryl/α,β-unsaturated/α-hetero) is 1. The van der Waals surface area contributed by atoms with Crippen molar-refractivity contribution in [3.63, 3.8) is 0 Å². The highest BCUT2D eigenvalue weighted by molar-refractivity contribution is 5.94. The third-order valence-corrected chi connectivity index (χ3v) is 1.85. The van der Waals surface area contributed by atoms with Crippen molar-refractivity contribution in [2.24, 2.45) is 0 Å². The normalized spacial score (nSPS) is 16.9. The molecule has 0 aromatic carbocycles. The maximum atomic E-state index is 11.3. The van der Waals surface area contributed by atoms with Crippen molar-refractivity contribution in [1.82, 2.24) is 0 Å². The van der Waals surface area contributed by atoms with Crippen LogP contribution in [0.5, 0.6) is 0 Å². The van der Waals surface area contributed by atoms with Gasteiger partial charge in [0.25, 0.3) is 0 Å². The number of carbonyl (C=O) groups is 1. The number of carbonyl (C=O) groups excluding carboxylic acids is 1. The molecule has 1 aromatic rings. The first-order valence-electron chi connectivity index (χ1n) is 4.12. The molecule has 1 aliphatic rings. The van der Waals surface area contributed by atoms with Crippen molar-refractivity contribution in [1.29, 1.82) is 0 Å². The second-order valence-electron chi connectivity index (χ2n) is 2.87. The van der Waals surface area contributed by atoms with Gasteiger partial charge in [-0.15, -0.1) is 0 Å². The number of hydrogen-bond acceptors (Lipinski definition) is 4. The predicted molar refractivity (Wildman–Crippen MR) is 43.6 cm³/mol. The Balaban J connectivity index is 1.78. The van der Waals surface area contributed by atoms with Gasteiger partial charge in [-0.2, -0.15) is 0 Å². The predicted octanol–water partition coefficient (Wildman–Crippen LogP) is 0.878. The van der Waals surface area contributed by atoms with Crippen LogP contribution in [0.4, 0.5) is 0 Å². The molecule has 0 bridgehead atoms. The van der Waals surface area contributed by atoms with E-state index < -0.39 is 0 Å². The van der Waals surface area contributed by atoms with E-state index in [1.807, 2.05) is 0 Å². The standard InChI is InChI=1S/C9H10O4/c10-8(9-2-1-3-12-9)6-13-7-4-11-5-7/h1-3,7H,4-6H2. The molecule has 0 spiro atoms. The van der Waals surface area contributed by atoms with Gasteiger partial charge in [0.15, 0.2) is 5.76 Å². The molecule has 1 aliphatic heterocycles. The largest absolute Gasteiger partial charge is 0.461 e. The molecule has 0 aliphatic carbocycles. The molecule has 0 radical (unpaired) electrons. The van der Waals surface area contributed by atoms with Crippen LogP contribution in [0, 0.1) is 0 Å². The van der Waals surface area contributed by atoms with E-state index in [1.54, 1.807) is 12.1 Å².